The lowest BCUT2D eigenvalue weighted by Crippen LogP contribution is -2.03. The lowest BCUT2D eigenvalue weighted by Gasteiger charge is -2.06. The van der Waals surface area contributed by atoms with Crippen LogP contribution in [0.15, 0.2) is 41.6 Å². The molecule has 7 heteroatoms. The fraction of sp³-hybridized carbons (Fsp3) is 0.200. The van der Waals surface area contributed by atoms with Crippen LogP contribution in [-0.2, 0) is 6.54 Å². The Morgan fingerprint density at radius 3 is 2.86 bits per heavy atom. The Balaban J connectivity index is 1.80. The summed E-state index contributed by atoms with van der Waals surface area (Å²) < 4.78 is 9.03. The normalized spacial score (nSPS) is 11.4. The van der Waals surface area contributed by atoms with Crippen molar-refractivity contribution in [2.75, 3.05) is 0 Å². The third-order valence-electron chi connectivity index (χ3n) is 3.75. The third-order valence-corrected chi connectivity index (χ3v) is 3.75. The standard InChI is InChI=1S/C15H14N6O/c1-10-13(11(2)22-19-10)9-20-7-5-17-14(20)12-8-18-21-6-3-4-16-15(12)21/h3-8H,9H2,1-2H3. The second-order valence-corrected chi connectivity index (χ2v) is 5.13. The van der Waals surface area contributed by atoms with Crippen molar-refractivity contribution in [1.29, 1.82) is 0 Å². The Hall–Kier alpha value is -2.96. The highest BCUT2D eigenvalue weighted by Crippen LogP contribution is 2.23. The van der Waals surface area contributed by atoms with Crippen LogP contribution in [0.4, 0.5) is 0 Å². The lowest BCUT2D eigenvalue weighted by molar-refractivity contribution is 0.392. The van der Waals surface area contributed by atoms with Crippen molar-refractivity contribution < 1.29 is 4.52 Å². The average Bonchev–Trinajstić information content (AvgIpc) is 3.22. The molecule has 4 aromatic heterocycles. The van der Waals surface area contributed by atoms with E-state index in [1.807, 2.05) is 32.3 Å². The maximum Gasteiger partial charge on any atom is 0.165 e. The molecule has 0 saturated heterocycles. The summed E-state index contributed by atoms with van der Waals surface area (Å²) in [5.41, 5.74) is 3.66. The fourth-order valence-electron chi connectivity index (χ4n) is 2.56. The van der Waals surface area contributed by atoms with E-state index >= 15 is 0 Å². The van der Waals surface area contributed by atoms with Crippen LogP contribution in [-0.4, -0.2) is 29.3 Å². The van der Waals surface area contributed by atoms with Gasteiger partial charge in [-0.05, 0) is 19.9 Å². The zero-order valence-corrected chi connectivity index (χ0v) is 12.3. The quantitative estimate of drug-likeness (QED) is 0.579. The van der Waals surface area contributed by atoms with E-state index in [1.165, 1.54) is 0 Å². The van der Waals surface area contributed by atoms with Crippen LogP contribution >= 0.6 is 0 Å². The molecule has 0 fully saturated rings. The summed E-state index contributed by atoms with van der Waals surface area (Å²) in [6.07, 6.45) is 9.12. The number of aromatic nitrogens is 6. The van der Waals surface area contributed by atoms with E-state index in [4.69, 9.17) is 4.52 Å². The summed E-state index contributed by atoms with van der Waals surface area (Å²) in [4.78, 5) is 8.85. The van der Waals surface area contributed by atoms with Gasteiger partial charge in [-0.1, -0.05) is 5.16 Å². The minimum atomic E-state index is 0.653. The molecule has 4 aromatic rings. The molecule has 0 aliphatic rings. The predicted molar refractivity (Wildman–Crippen MR) is 79.3 cm³/mol. The summed E-state index contributed by atoms with van der Waals surface area (Å²) >= 11 is 0. The molecule has 0 aromatic carbocycles. The van der Waals surface area contributed by atoms with Crippen molar-refractivity contribution in [2.24, 2.45) is 0 Å². The van der Waals surface area contributed by atoms with Gasteiger partial charge < -0.3 is 9.09 Å². The van der Waals surface area contributed by atoms with Crippen molar-refractivity contribution in [3.05, 3.63) is 54.1 Å². The second-order valence-electron chi connectivity index (χ2n) is 5.13. The topological polar surface area (TPSA) is 74.0 Å². The summed E-state index contributed by atoms with van der Waals surface area (Å²) in [6.45, 7) is 4.52. The lowest BCUT2D eigenvalue weighted by atomic mass is 10.2. The van der Waals surface area contributed by atoms with Crippen LogP contribution in [0.25, 0.3) is 17.0 Å². The summed E-state index contributed by atoms with van der Waals surface area (Å²) in [5, 5.41) is 8.32. The zero-order valence-electron chi connectivity index (χ0n) is 12.3. The first kappa shape index (κ1) is 12.8. The molecule has 0 aliphatic heterocycles. The van der Waals surface area contributed by atoms with Crippen LogP contribution in [0.3, 0.4) is 0 Å². The van der Waals surface area contributed by atoms with Crippen LogP contribution in [0.1, 0.15) is 17.0 Å². The number of hydrogen-bond donors (Lipinski definition) is 0. The number of fused-ring (bicyclic) bond motifs is 1. The molecule has 0 aliphatic carbocycles. The maximum atomic E-state index is 5.23. The molecular weight excluding hydrogens is 280 g/mol. The molecule has 0 N–H and O–H groups in total. The summed E-state index contributed by atoms with van der Waals surface area (Å²) in [6, 6.07) is 1.85. The minimum Gasteiger partial charge on any atom is -0.361 e. The largest absolute Gasteiger partial charge is 0.361 e. The van der Waals surface area contributed by atoms with Crippen LogP contribution < -0.4 is 0 Å². The van der Waals surface area contributed by atoms with Gasteiger partial charge in [-0.25, -0.2) is 14.5 Å². The highest BCUT2D eigenvalue weighted by Gasteiger charge is 2.16. The van der Waals surface area contributed by atoms with Crippen molar-refractivity contribution >= 4 is 5.65 Å². The zero-order chi connectivity index (χ0) is 15.1. The molecule has 0 unspecified atom stereocenters. The van der Waals surface area contributed by atoms with E-state index in [9.17, 15) is 0 Å². The van der Waals surface area contributed by atoms with Gasteiger partial charge in [0.05, 0.1) is 24.0 Å². The smallest absolute Gasteiger partial charge is 0.165 e. The van der Waals surface area contributed by atoms with Gasteiger partial charge in [0.15, 0.2) is 5.65 Å². The van der Waals surface area contributed by atoms with Crippen LogP contribution in [0.2, 0.25) is 0 Å². The second kappa shape index (κ2) is 4.80. The first-order chi connectivity index (χ1) is 10.7. The highest BCUT2D eigenvalue weighted by atomic mass is 16.5. The Morgan fingerprint density at radius 2 is 2.05 bits per heavy atom. The van der Waals surface area contributed by atoms with Crippen molar-refractivity contribution in [3.63, 3.8) is 0 Å². The molecule has 0 radical (unpaired) electrons. The van der Waals surface area contributed by atoms with Gasteiger partial charge in [-0.15, -0.1) is 0 Å². The molecule has 0 saturated carbocycles. The van der Waals surface area contributed by atoms with E-state index in [1.54, 1.807) is 23.1 Å². The number of rotatable bonds is 3. The number of nitrogens with zero attached hydrogens (tertiary/aromatic N) is 6. The van der Waals surface area contributed by atoms with Crippen molar-refractivity contribution in [2.45, 2.75) is 20.4 Å². The molecule has 4 rings (SSSR count). The van der Waals surface area contributed by atoms with Gasteiger partial charge in [0.2, 0.25) is 0 Å². The minimum absolute atomic E-state index is 0.653. The molecule has 0 amide bonds. The fourth-order valence-corrected chi connectivity index (χ4v) is 2.56. The number of aryl methyl sites for hydroxylation is 2. The van der Waals surface area contributed by atoms with E-state index in [0.717, 1.165) is 34.1 Å². The van der Waals surface area contributed by atoms with Crippen LogP contribution in [0, 0.1) is 13.8 Å². The first-order valence-corrected chi connectivity index (χ1v) is 6.95. The number of hydrogen-bond acceptors (Lipinski definition) is 5. The Bertz CT molecular complexity index is 928. The monoisotopic (exact) mass is 294 g/mol. The van der Waals surface area contributed by atoms with Crippen LogP contribution in [0.5, 0.6) is 0 Å². The molecule has 110 valence electrons. The first-order valence-electron chi connectivity index (χ1n) is 6.95. The SMILES string of the molecule is Cc1noc(C)c1Cn1ccnc1-c1cnn2cccnc12. The summed E-state index contributed by atoms with van der Waals surface area (Å²) in [5.74, 6) is 1.66. The van der Waals surface area contributed by atoms with Gasteiger partial charge in [-0.2, -0.15) is 5.10 Å². The Morgan fingerprint density at radius 1 is 1.14 bits per heavy atom. The van der Waals surface area contributed by atoms with Gasteiger partial charge in [0, 0.05) is 30.4 Å². The highest BCUT2D eigenvalue weighted by molar-refractivity contribution is 5.72. The van der Waals surface area contributed by atoms with E-state index < -0.39 is 0 Å². The molecule has 0 bridgehead atoms. The van der Waals surface area contributed by atoms with Gasteiger partial charge >= 0.3 is 0 Å². The average molecular weight is 294 g/mol. The molecule has 4 heterocycles. The molecule has 0 spiro atoms. The third kappa shape index (κ3) is 1.90. The molecule has 22 heavy (non-hydrogen) atoms. The molecule has 7 nitrogen and oxygen atoms in total. The maximum absolute atomic E-state index is 5.23. The van der Waals surface area contributed by atoms with E-state index in [0.29, 0.717) is 6.54 Å². The van der Waals surface area contributed by atoms with Crippen molar-refractivity contribution in [3.8, 4) is 11.4 Å². The molecular formula is C15H14N6O. The van der Waals surface area contributed by atoms with Crippen molar-refractivity contribution in [1.82, 2.24) is 29.3 Å². The molecule has 0 atom stereocenters. The van der Waals surface area contributed by atoms with Gasteiger partial charge in [0.25, 0.3) is 0 Å². The number of imidazole rings is 1. The van der Waals surface area contributed by atoms with E-state index in [-0.39, 0.29) is 0 Å². The Labute approximate surface area is 126 Å². The Kier molecular flexibility index (Phi) is 2.78. The van der Waals surface area contributed by atoms with Gasteiger partial charge in [-0.3, -0.25) is 0 Å². The summed E-state index contributed by atoms with van der Waals surface area (Å²) in [7, 11) is 0. The predicted octanol–water partition coefficient (Wildman–Crippen LogP) is 2.25. The van der Waals surface area contributed by atoms with Gasteiger partial charge in [0.1, 0.15) is 11.6 Å². The van der Waals surface area contributed by atoms with E-state index in [2.05, 4.69) is 24.8 Å².